The lowest BCUT2D eigenvalue weighted by molar-refractivity contribution is 0.103. The molecule has 0 fully saturated rings. The number of nitrogens with one attached hydrogen (secondary N) is 2. The monoisotopic (exact) mass is 534 g/mol. The number of carbonyl (C=O) groups is 1. The molecule has 0 saturated carbocycles. The smallest absolute Gasteiger partial charge is 0.229 e. The highest BCUT2D eigenvalue weighted by molar-refractivity contribution is 7.92. The van der Waals surface area contributed by atoms with Crippen LogP contribution in [0.1, 0.15) is 27.2 Å². The van der Waals surface area contributed by atoms with Gasteiger partial charge in [0.1, 0.15) is 5.82 Å². The van der Waals surface area contributed by atoms with Gasteiger partial charge in [-0.1, -0.05) is 12.1 Å². The van der Waals surface area contributed by atoms with Gasteiger partial charge in [0.15, 0.2) is 11.6 Å². The van der Waals surface area contributed by atoms with E-state index in [0.29, 0.717) is 33.4 Å². The summed E-state index contributed by atoms with van der Waals surface area (Å²) in [7, 11) is -3.46. The molecule has 0 aliphatic heterocycles. The zero-order valence-electron chi connectivity index (χ0n) is 20.6. The maximum atomic E-state index is 13.9. The molecule has 0 aliphatic carbocycles. The van der Waals surface area contributed by atoms with Gasteiger partial charge in [-0.3, -0.25) is 9.52 Å². The van der Waals surface area contributed by atoms with Crippen LogP contribution in [-0.2, 0) is 10.0 Å². The number of ether oxygens (including phenoxy) is 1. The minimum Gasteiger partial charge on any atom is -0.436 e. The van der Waals surface area contributed by atoms with Crippen molar-refractivity contribution in [3.05, 3.63) is 89.1 Å². The summed E-state index contributed by atoms with van der Waals surface area (Å²) >= 11 is 0. The van der Waals surface area contributed by atoms with E-state index in [1.807, 2.05) is 0 Å². The minimum atomic E-state index is -3.46. The number of nitrogens with zero attached hydrogens (tertiary/aromatic N) is 3. The Hall–Kier alpha value is -4.71. The van der Waals surface area contributed by atoms with E-state index in [4.69, 9.17) is 10.5 Å². The van der Waals surface area contributed by atoms with Crippen LogP contribution in [0.15, 0.2) is 60.9 Å². The molecule has 38 heavy (non-hydrogen) atoms. The standard InChI is InChI=1S/C26H23FN6O4S/c1-14-8-20-16(10-19(14)32-38(3,35)36)11-21(31-20)25(34)17-12-30-33(26(17)28)22-13-29-24(9-15(22)2)37-23-7-5-4-6-18(23)27/h4-13,31-32H,28H2,1-3H3. The van der Waals surface area contributed by atoms with Crippen LogP contribution in [0, 0.1) is 19.7 Å². The fourth-order valence-electron chi connectivity index (χ4n) is 4.03. The van der Waals surface area contributed by atoms with Crippen molar-refractivity contribution in [1.29, 1.82) is 0 Å². The second kappa shape index (κ2) is 9.30. The van der Waals surface area contributed by atoms with Crippen molar-refractivity contribution in [2.45, 2.75) is 13.8 Å². The average Bonchev–Trinajstić information content (AvgIpc) is 3.43. The third kappa shape index (κ3) is 4.81. The van der Waals surface area contributed by atoms with Gasteiger partial charge >= 0.3 is 0 Å². The van der Waals surface area contributed by atoms with Crippen LogP contribution < -0.4 is 15.2 Å². The molecule has 0 saturated heterocycles. The molecular weight excluding hydrogens is 511 g/mol. The summed E-state index contributed by atoms with van der Waals surface area (Å²) in [6, 6.07) is 12.7. The second-order valence-electron chi connectivity index (χ2n) is 8.84. The summed E-state index contributed by atoms with van der Waals surface area (Å²) in [5.41, 5.74) is 9.76. The van der Waals surface area contributed by atoms with Gasteiger partial charge in [0, 0.05) is 17.0 Å². The number of benzene rings is 2. The van der Waals surface area contributed by atoms with Crippen LogP contribution in [0.4, 0.5) is 15.9 Å². The van der Waals surface area contributed by atoms with Gasteiger partial charge < -0.3 is 15.5 Å². The molecule has 4 N–H and O–H groups in total. The Morgan fingerprint density at radius 2 is 1.87 bits per heavy atom. The fourth-order valence-corrected chi connectivity index (χ4v) is 4.65. The van der Waals surface area contributed by atoms with Gasteiger partial charge in [0.25, 0.3) is 0 Å². The third-order valence-electron chi connectivity index (χ3n) is 5.89. The number of pyridine rings is 1. The first-order valence-corrected chi connectivity index (χ1v) is 13.3. The molecular formula is C26H23FN6O4S. The van der Waals surface area contributed by atoms with Crippen LogP contribution >= 0.6 is 0 Å². The van der Waals surface area contributed by atoms with Crippen molar-refractivity contribution in [1.82, 2.24) is 19.7 Å². The van der Waals surface area contributed by atoms with Gasteiger partial charge in [-0.15, -0.1) is 0 Å². The molecule has 0 aliphatic rings. The van der Waals surface area contributed by atoms with E-state index in [-0.39, 0.29) is 34.5 Å². The number of nitrogen functional groups attached to an aromatic ring is 1. The maximum absolute atomic E-state index is 13.9. The van der Waals surface area contributed by atoms with Crippen molar-refractivity contribution < 1.29 is 22.3 Å². The third-order valence-corrected chi connectivity index (χ3v) is 6.48. The molecule has 12 heteroatoms. The summed E-state index contributed by atoms with van der Waals surface area (Å²) in [5, 5.41) is 4.94. The highest BCUT2D eigenvalue weighted by Gasteiger charge is 2.21. The SMILES string of the molecule is Cc1cc2[nH]c(C(=O)c3cnn(-c4cnc(Oc5ccccc5F)cc4C)c3N)cc2cc1NS(C)(=O)=O. The Morgan fingerprint density at radius 1 is 1.11 bits per heavy atom. The topological polar surface area (TPSA) is 145 Å². The summed E-state index contributed by atoms with van der Waals surface area (Å²) < 4.78 is 46.6. The van der Waals surface area contributed by atoms with Crippen molar-refractivity contribution >= 4 is 38.2 Å². The molecule has 3 aromatic heterocycles. The number of H-pyrrole nitrogens is 1. The normalized spacial score (nSPS) is 11.6. The van der Waals surface area contributed by atoms with E-state index in [1.54, 1.807) is 50.2 Å². The zero-order valence-corrected chi connectivity index (χ0v) is 21.4. The average molecular weight is 535 g/mol. The van der Waals surface area contributed by atoms with Gasteiger partial charge in [-0.05, 0) is 55.3 Å². The molecule has 10 nitrogen and oxygen atoms in total. The van der Waals surface area contributed by atoms with E-state index >= 15 is 0 Å². The Kier molecular flexibility index (Phi) is 6.11. The van der Waals surface area contributed by atoms with E-state index in [9.17, 15) is 17.6 Å². The lowest BCUT2D eigenvalue weighted by Gasteiger charge is -2.11. The Balaban J connectivity index is 1.43. The maximum Gasteiger partial charge on any atom is 0.229 e. The summed E-state index contributed by atoms with van der Waals surface area (Å²) in [6.45, 7) is 3.55. The van der Waals surface area contributed by atoms with Gasteiger partial charge in [-0.25, -0.2) is 22.5 Å². The Morgan fingerprint density at radius 3 is 2.58 bits per heavy atom. The van der Waals surface area contributed by atoms with Gasteiger partial charge in [0.05, 0.1) is 41.3 Å². The number of halogens is 1. The number of hydrogen-bond donors (Lipinski definition) is 3. The predicted octanol–water partition coefficient (Wildman–Crippen LogP) is 4.48. The number of aromatic nitrogens is 4. The summed E-state index contributed by atoms with van der Waals surface area (Å²) in [6.07, 6.45) is 3.92. The number of aromatic amines is 1. The second-order valence-corrected chi connectivity index (χ2v) is 10.6. The lowest BCUT2D eigenvalue weighted by atomic mass is 10.1. The molecule has 0 unspecified atom stereocenters. The highest BCUT2D eigenvalue weighted by Crippen LogP contribution is 2.29. The first kappa shape index (κ1) is 25.0. The molecule has 5 rings (SSSR count). The summed E-state index contributed by atoms with van der Waals surface area (Å²) in [4.78, 5) is 20.6. The van der Waals surface area contributed by atoms with E-state index < -0.39 is 15.8 Å². The zero-order chi connectivity index (χ0) is 27.2. The van der Waals surface area contributed by atoms with Crippen molar-refractivity contribution in [3.63, 3.8) is 0 Å². The molecule has 0 radical (unpaired) electrons. The van der Waals surface area contributed by atoms with E-state index in [1.165, 1.54) is 29.2 Å². The molecule has 3 heterocycles. The van der Waals surface area contributed by atoms with Crippen molar-refractivity contribution in [2.75, 3.05) is 16.7 Å². The van der Waals surface area contributed by atoms with Crippen LogP contribution in [0.3, 0.4) is 0 Å². The molecule has 5 aromatic rings. The number of carbonyl (C=O) groups excluding carboxylic acids is 1. The van der Waals surface area contributed by atoms with Crippen LogP contribution in [0.5, 0.6) is 11.6 Å². The number of sulfonamides is 1. The molecule has 0 atom stereocenters. The van der Waals surface area contributed by atoms with Crippen molar-refractivity contribution in [3.8, 4) is 17.3 Å². The number of para-hydroxylation sites is 1. The number of nitrogens with two attached hydrogens (primary N) is 1. The van der Waals surface area contributed by atoms with Crippen LogP contribution in [-0.4, -0.2) is 40.2 Å². The predicted molar refractivity (Wildman–Crippen MR) is 142 cm³/mol. The van der Waals surface area contributed by atoms with E-state index in [0.717, 1.165) is 6.26 Å². The first-order valence-electron chi connectivity index (χ1n) is 11.4. The molecule has 0 spiro atoms. The molecule has 194 valence electrons. The minimum absolute atomic E-state index is 0.0476. The molecule has 0 amide bonds. The van der Waals surface area contributed by atoms with Gasteiger partial charge in [-0.2, -0.15) is 5.10 Å². The number of rotatable bonds is 7. The molecule has 2 aromatic carbocycles. The molecule has 0 bridgehead atoms. The first-order chi connectivity index (χ1) is 18.0. The van der Waals surface area contributed by atoms with Crippen molar-refractivity contribution in [2.24, 2.45) is 0 Å². The van der Waals surface area contributed by atoms with Gasteiger partial charge in [0.2, 0.25) is 21.7 Å². The number of aryl methyl sites for hydroxylation is 2. The lowest BCUT2D eigenvalue weighted by Crippen LogP contribution is -2.10. The Labute approximate surface area is 217 Å². The number of fused-ring (bicyclic) bond motifs is 1. The Bertz CT molecular complexity index is 1830. The van der Waals surface area contributed by atoms with Crippen LogP contribution in [0.25, 0.3) is 16.6 Å². The highest BCUT2D eigenvalue weighted by atomic mass is 32.2. The largest absolute Gasteiger partial charge is 0.436 e. The number of hydrogen-bond acceptors (Lipinski definition) is 7. The quantitative estimate of drug-likeness (QED) is 0.261. The summed E-state index contributed by atoms with van der Waals surface area (Å²) in [5.74, 6) is -0.546. The fraction of sp³-hybridized carbons (Fsp3) is 0.115. The number of ketones is 1. The van der Waals surface area contributed by atoms with E-state index in [2.05, 4.69) is 19.8 Å². The van der Waals surface area contributed by atoms with Crippen LogP contribution in [0.2, 0.25) is 0 Å². The number of anilines is 2.